The summed E-state index contributed by atoms with van der Waals surface area (Å²) in [4.78, 5) is 12.2. The zero-order valence-electron chi connectivity index (χ0n) is 18.4. The summed E-state index contributed by atoms with van der Waals surface area (Å²) in [7, 11) is 1.63. The van der Waals surface area contributed by atoms with Gasteiger partial charge in [-0.25, -0.2) is 0 Å². The monoisotopic (exact) mass is 419 g/mol. The van der Waals surface area contributed by atoms with Crippen LogP contribution in [0.4, 0.5) is 0 Å². The van der Waals surface area contributed by atoms with E-state index in [4.69, 9.17) is 0 Å². The highest BCUT2D eigenvalue weighted by Gasteiger charge is 2.35. The molecule has 0 radical (unpaired) electrons. The van der Waals surface area contributed by atoms with Crippen LogP contribution in [0.15, 0.2) is 12.2 Å². The van der Waals surface area contributed by atoms with Crippen molar-refractivity contribution in [2.75, 3.05) is 20.3 Å². The fourth-order valence-electron chi connectivity index (χ4n) is 3.77. The topological polar surface area (TPSA) is 69.6 Å². The zero-order chi connectivity index (χ0) is 20.2. The van der Waals surface area contributed by atoms with Gasteiger partial charge in [-0.15, -0.1) is 12.4 Å². The van der Waals surface area contributed by atoms with Gasteiger partial charge in [0.15, 0.2) is 0 Å². The summed E-state index contributed by atoms with van der Waals surface area (Å²) in [6, 6.07) is 0. The number of allylic oxidation sites excluding steroid dienone is 2. The predicted molar refractivity (Wildman–Crippen MR) is 122 cm³/mol. The van der Waals surface area contributed by atoms with Gasteiger partial charge in [-0.2, -0.15) is 0 Å². The first-order valence-corrected chi connectivity index (χ1v) is 11.3. The number of halogens is 1. The molecule has 168 valence electrons. The molecule has 0 saturated heterocycles. The Bertz CT molecular complexity index is 369. The lowest BCUT2D eigenvalue weighted by Gasteiger charge is -2.31. The van der Waals surface area contributed by atoms with E-state index in [0.717, 1.165) is 25.7 Å². The van der Waals surface area contributed by atoms with E-state index in [2.05, 4.69) is 24.4 Å². The minimum absolute atomic E-state index is 0. The molecule has 0 rings (SSSR count). The molecule has 0 aromatic rings. The average molecular weight is 420 g/mol. The number of hydrogen-bond acceptors (Lipinski definition) is 3. The molecule has 0 saturated carbocycles. The van der Waals surface area contributed by atoms with Gasteiger partial charge in [0.1, 0.15) is 0 Å². The summed E-state index contributed by atoms with van der Waals surface area (Å²) < 4.78 is 0. The van der Waals surface area contributed by atoms with Crippen molar-refractivity contribution in [3.05, 3.63) is 12.2 Å². The first-order chi connectivity index (χ1) is 13.2. The van der Waals surface area contributed by atoms with Crippen molar-refractivity contribution in [3.63, 3.8) is 0 Å². The number of carbonyl (C=O) groups is 1. The number of aliphatic hydroxyl groups is 2. The molecule has 0 heterocycles. The molecule has 0 unspecified atom stereocenters. The van der Waals surface area contributed by atoms with E-state index in [-0.39, 0.29) is 31.5 Å². The number of carbonyl (C=O) groups excluding carboxylic acids is 1. The Labute approximate surface area is 180 Å². The third-order valence-corrected chi connectivity index (χ3v) is 5.56. The lowest BCUT2D eigenvalue weighted by Crippen LogP contribution is -2.40. The van der Waals surface area contributed by atoms with Crippen molar-refractivity contribution >= 4 is 18.3 Å². The molecule has 4 nitrogen and oxygen atoms in total. The summed E-state index contributed by atoms with van der Waals surface area (Å²) >= 11 is 0. The van der Waals surface area contributed by atoms with Crippen molar-refractivity contribution in [1.82, 2.24) is 5.32 Å². The smallest absolute Gasteiger partial charge is 0.226 e. The van der Waals surface area contributed by atoms with Gasteiger partial charge in [0.2, 0.25) is 5.91 Å². The molecular formula is C23H46ClNO3. The van der Waals surface area contributed by atoms with E-state index in [9.17, 15) is 15.0 Å². The van der Waals surface area contributed by atoms with Crippen molar-refractivity contribution in [3.8, 4) is 0 Å². The van der Waals surface area contributed by atoms with Crippen LogP contribution in [0.3, 0.4) is 0 Å². The van der Waals surface area contributed by atoms with Crippen LogP contribution in [-0.4, -0.2) is 36.4 Å². The van der Waals surface area contributed by atoms with E-state index >= 15 is 0 Å². The first kappa shape index (κ1) is 29.6. The van der Waals surface area contributed by atoms with Crippen LogP contribution in [0, 0.1) is 5.41 Å². The van der Waals surface area contributed by atoms with Gasteiger partial charge in [-0.05, 0) is 44.9 Å². The molecule has 0 aliphatic rings. The second-order valence-electron chi connectivity index (χ2n) is 7.79. The van der Waals surface area contributed by atoms with Crippen molar-refractivity contribution < 1.29 is 15.0 Å². The number of aliphatic hydroxyl groups excluding tert-OH is 2. The second kappa shape index (κ2) is 21.1. The zero-order valence-corrected chi connectivity index (χ0v) is 19.2. The van der Waals surface area contributed by atoms with Crippen molar-refractivity contribution in [1.29, 1.82) is 0 Å². The second-order valence-corrected chi connectivity index (χ2v) is 7.79. The Morgan fingerprint density at radius 3 is 1.71 bits per heavy atom. The van der Waals surface area contributed by atoms with E-state index < -0.39 is 5.41 Å². The van der Waals surface area contributed by atoms with Crippen LogP contribution < -0.4 is 5.32 Å². The van der Waals surface area contributed by atoms with Crippen LogP contribution in [0.1, 0.15) is 103 Å². The van der Waals surface area contributed by atoms with Gasteiger partial charge in [-0.3, -0.25) is 4.79 Å². The summed E-state index contributed by atoms with van der Waals surface area (Å²) in [5, 5.41) is 21.3. The van der Waals surface area contributed by atoms with Crippen LogP contribution in [0.2, 0.25) is 0 Å². The Kier molecular flexibility index (Phi) is 22.4. The van der Waals surface area contributed by atoms with Crippen LogP contribution in [-0.2, 0) is 4.79 Å². The molecule has 5 heteroatoms. The Morgan fingerprint density at radius 1 is 0.786 bits per heavy atom. The van der Waals surface area contributed by atoms with Crippen LogP contribution in [0.25, 0.3) is 0 Å². The molecule has 0 aliphatic heterocycles. The first-order valence-electron chi connectivity index (χ1n) is 11.3. The molecule has 0 spiro atoms. The number of nitrogens with one attached hydrogen (secondary N) is 1. The lowest BCUT2D eigenvalue weighted by atomic mass is 9.76. The Morgan fingerprint density at radius 2 is 1.25 bits per heavy atom. The minimum Gasteiger partial charge on any atom is -0.396 e. The van der Waals surface area contributed by atoms with E-state index in [0.29, 0.717) is 12.8 Å². The third-order valence-electron chi connectivity index (χ3n) is 5.56. The SMILES string of the molecule is CCCCCCCCC=CCCCCCCC(CCO)(CCO)C(=O)NC.Cl. The number of unbranched alkanes of at least 4 members (excludes halogenated alkanes) is 10. The normalized spacial score (nSPS) is 11.6. The summed E-state index contributed by atoms with van der Waals surface area (Å²) in [5.41, 5.74) is -0.616. The maximum absolute atomic E-state index is 12.2. The van der Waals surface area contributed by atoms with Gasteiger partial charge in [0.25, 0.3) is 0 Å². The minimum atomic E-state index is -0.616. The highest BCUT2D eigenvalue weighted by Crippen LogP contribution is 2.33. The van der Waals surface area contributed by atoms with Gasteiger partial charge in [-0.1, -0.05) is 70.4 Å². The highest BCUT2D eigenvalue weighted by molar-refractivity contribution is 5.85. The molecule has 3 N–H and O–H groups in total. The van der Waals surface area contributed by atoms with Crippen molar-refractivity contribution in [2.45, 2.75) is 103 Å². The molecule has 0 aromatic carbocycles. The molecule has 0 aliphatic carbocycles. The molecular weight excluding hydrogens is 374 g/mol. The highest BCUT2D eigenvalue weighted by atomic mass is 35.5. The molecule has 0 atom stereocenters. The summed E-state index contributed by atoms with van der Waals surface area (Å²) in [5.74, 6) is -0.0526. The summed E-state index contributed by atoms with van der Waals surface area (Å²) in [6.45, 7) is 2.22. The van der Waals surface area contributed by atoms with E-state index in [1.54, 1.807) is 7.05 Å². The third kappa shape index (κ3) is 14.4. The quantitative estimate of drug-likeness (QED) is 0.190. The molecule has 0 fully saturated rings. The molecule has 0 aromatic heterocycles. The van der Waals surface area contributed by atoms with Gasteiger partial charge in [0.05, 0.1) is 5.41 Å². The van der Waals surface area contributed by atoms with Gasteiger partial charge >= 0.3 is 0 Å². The maximum Gasteiger partial charge on any atom is 0.226 e. The fraction of sp³-hybridized carbons (Fsp3) is 0.870. The van der Waals surface area contributed by atoms with Gasteiger partial charge < -0.3 is 15.5 Å². The fourth-order valence-corrected chi connectivity index (χ4v) is 3.77. The number of hydrogen-bond donors (Lipinski definition) is 3. The largest absolute Gasteiger partial charge is 0.396 e. The molecule has 0 bridgehead atoms. The Balaban J connectivity index is 0. The predicted octanol–water partition coefficient (Wildman–Crippen LogP) is 5.55. The standard InChI is InChI=1S/C23H45NO3.ClH/c1-3-4-5-6-7-8-9-10-11-12-13-14-15-16-17-23(18-20-25,19-21-26)22(27)24-2;/h10-11,25-26H,3-9,12-21H2,1-2H3,(H,24,27);1H. The Hall–Kier alpha value is -0.580. The van der Waals surface area contributed by atoms with E-state index in [1.807, 2.05) is 0 Å². The maximum atomic E-state index is 12.2. The average Bonchev–Trinajstić information content (AvgIpc) is 2.67. The molecule has 1 amide bonds. The van der Waals surface area contributed by atoms with Crippen LogP contribution >= 0.6 is 12.4 Å². The number of rotatable bonds is 19. The number of amides is 1. The van der Waals surface area contributed by atoms with Gasteiger partial charge in [0, 0.05) is 20.3 Å². The lowest BCUT2D eigenvalue weighted by molar-refractivity contribution is -0.133. The van der Waals surface area contributed by atoms with Crippen LogP contribution in [0.5, 0.6) is 0 Å². The summed E-state index contributed by atoms with van der Waals surface area (Å²) in [6.07, 6.45) is 21.2. The molecule has 28 heavy (non-hydrogen) atoms. The van der Waals surface area contributed by atoms with Crippen molar-refractivity contribution in [2.24, 2.45) is 5.41 Å². The van der Waals surface area contributed by atoms with E-state index in [1.165, 1.54) is 57.8 Å².